The van der Waals surface area contributed by atoms with E-state index in [9.17, 15) is 9.59 Å². The third-order valence-electron chi connectivity index (χ3n) is 3.86. The van der Waals surface area contributed by atoms with Crippen LogP contribution in [-0.4, -0.2) is 34.9 Å². The number of nitrogens with one attached hydrogen (secondary N) is 2. The topological polar surface area (TPSA) is 74.3 Å². The first-order valence-electron chi connectivity index (χ1n) is 8.01. The number of thiazole rings is 1. The number of anilines is 2. The molecule has 0 aliphatic carbocycles. The molecule has 0 unspecified atom stereocenters. The first-order valence-corrected chi connectivity index (χ1v) is 8.89. The van der Waals surface area contributed by atoms with Crippen LogP contribution in [0.4, 0.5) is 15.6 Å². The van der Waals surface area contributed by atoms with Crippen LogP contribution >= 0.6 is 11.3 Å². The molecule has 126 valence electrons. The van der Waals surface area contributed by atoms with Crippen LogP contribution < -0.4 is 10.6 Å². The van der Waals surface area contributed by atoms with Gasteiger partial charge in [0.05, 0.1) is 0 Å². The Bertz CT molecular complexity index is 738. The van der Waals surface area contributed by atoms with Crippen LogP contribution in [0.3, 0.4) is 0 Å². The van der Waals surface area contributed by atoms with Gasteiger partial charge in [-0.3, -0.25) is 10.1 Å². The molecule has 1 saturated heterocycles. The van der Waals surface area contributed by atoms with Crippen molar-refractivity contribution < 1.29 is 9.59 Å². The quantitative estimate of drug-likeness (QED) is 0.891. The molecule has 24 heavy (non-hydrogen) atoms. The van der Waals surface area contributed by atoms with E-state index < -0.39 is 0 Å². The van der Waals surface area contributed by atoms with Crippen molar-refractivity contribution in [1.82, 2.24) is 9.88 Å². The second-order valence-electron chi connectivity index (χ2n) is 5.84. The molecule has 0 saturated carbocycles. The van der Waals surface area contributed by atoms with Crippen molar-refractivity contribution in [2.24, 2.45) is 0 Å². The van der Waals surface area contributed by atoms with Crippen LogP contribution in [0.15, 0.2) is 29.6 Å². The summed E-state index contributed by atoms with van der Waals surface area (Å²) >= 11 is 1.25. The molecule has 0 bridgehead atoms. The zero-order valence-electron chi connectivity index (χ0n) is 13.5. The first-order chi connectivity index (χ1) is 11.6. The minimum atomic E-state index is -0.369. The predicted octanol–water partition coefficient (Wildman–Crippen LogP) is 3.72. The molecule has 3 amide bonds. The molecule has 1 aliphatic rings. The Morgan fingerprint density at radius 1 is 1.17 bits per heavy atom. The lowest BCUT2D eigenvalue weighted by atomic mass is 10.1. The molecule has 0 spiro atoms. The van der Waals surface area contributed by atoms with Gasteiger partial charge in [-0.1, -0.05) is 12.1 Å². The second kappa shape index (κ2) is 7.44. The Hall–Kier alpha value is -2.41. The van der Waals surface area contributed by atoms with Crippen molar-refractivity contribution >= 4 is 34.1 Å². The number of carbonyl (C=O) groups excluding carboxylic acids is 2. The Kier molecular flexibility index (Phi) is 5.10. The molecule has 1 aliphatic heterocycles. The second-order valence-corrected chi connectivity index (χ2v) is 6.70. The highest BCUT2D eigenvalue weighted by Gasteiger charge is 2.20. The zero-order valence-corrected chi connectivity index (χ0v) is 14.4. The molecule has 2 aromatic rings. The number of carbonyl (C=O) groups is 2. The lowest BCUT2D eigenvalue weighted by molar-refractivity contribution is 0.0719. The Labute approximate surface area is 144 Å². The van der Waals surface area contributed by atoms with Gasteiger partial charge in [-0.2, -0.15) is 0 Å². The molecule has 6 nitrogen and oxygen atoms in total. The summed E-state index contributed by atoms with van der Waals surface area (Å²) in [7, 11) is 0. The number of amides is 3. The maximum atomic E-state index is 12.4. The highest BCUT2D eigenvalue weighted by Crippen LogP contribution is 2.19. The Morgan fingerprint density at radius 2 is 1.96 bits per heavy atom. The summed E-state index contributed by atoms with van der Waals surface area (Å²) in [5.41, 5.74) is 2.18. The summed E-state index contributed by atoms with van der Waals surface area (Å²) in [4.78, 5) is 30.5. The summed E-state index contributed by atoms with van der Waals surface area (Å²) < 4.78 is 0. The average molecular weight is 344 g/mol. The lowest BCUT2D eigenvalue weighted by Gasteiger charge is -2.25. The van der Waals surface area contributed by atoms with E-state index in [1.165, 1.54) is 17.8 Å². The molecule has 3 rings (SSSR count). The van der Waals surface area contributed by atoms with E-state index >= 15 is 0 Å². The SMILES string of the molecule is Cc1cccc(NC(=O)Nc2nc(C(=O)N3CCCCC3)cs2)c1. The minimum Gasteiger partial charge on any atom is -0.337 e. The number of aryl methyl sites for hydroxylation is 1. The number of rotatable bonds is 3. The summed E-state index contributed by atoms with van der Waals surface area (Å²) in [6.45, 7) is 3.53. The van der Waals surface area contributed by atoms with Gasteiger partial charge in [0.2, 0.25) is 0 Å². The van der Waals surface area contributed by atoms with E-state index in [2.05, 4.69) is 15.6 Å². The highest BCUT2D eigenvalue weighted by atomic mass is 32.1. The van der Waals surface area contributed by atoms with Crippen LogP contribution in [0.1, 0.15) is 35.3 Å². The first kappa shape index (κ1) is 16.4. The molecule has 0 radical (unpaired) electrons. The Morgan fingerprint density at radius 3 is 2.71 bits per heavy atom. The summed E-state index contributed by atoms with van der Waals surface area (Å²) in [5, 5.41) is 7.54. The molecule has 1 aromatic carbocycles. The van der Waals surface area contributed by atoms with E-state index in [-0.39, 0.29) is 11.9 Å². The number of benzene rings is 1. The molecular weight excluding hydrogens is 324 g/mol. The number of likely N-dealkylation sites (tertiary alicyclic amines) is 1. The largest absolute Gasteiger partial charge is 0.337 e. The van der Waals surface area contributed by atoms with Crippen LogP contribution in [0.2, 0.25) is 0 Å². The monoisotopic (exact) mass is 344 g/mol. The number of hydrogen-bond acceptors (Lipinski definition) is 4. The van der Waals surface area contributed by atoms with Gasteiger partial charge < -0.3 is 10.2 Å². The highest BCUT2D eigenvalue weighted by molar-refractivity contribution is 7.14. The number of nitrogens with zero attached hydrogens (tertiary/aromatic N) is 2. The fourth-order valence-corrected chi connectivity index (χ4v) is 3.35. The van der Waals surface area contributed by atoms with E-state index in [1.54, 1.807) is 5.38 Å². The number of urea groups is 1. The van der Waals surface area contributed by atoms with Crippen molar-refractivity contribution in [1.29, 1.82) is 0 Å². The van der Waals surface area contributed by atoms with Crippen LogP contribution in [0, 0.1) is 6.92 Å². The van der Waals surface area contributed by atoms with Gasteiger partial charge >= 0.3 is 6.03 Å². The lowest BCUT2D eigenvalue weighted by Crippen LogP contribution is -2.35. The summed E-state index contributed by atoms with van der Waals surface area (Å²) in [6, 6.07) is 7.17. The normalized spacial score (nSPS) is 14.3. The summed E-state index contributed by atoms with van der Waals surface area (Å²) in [5.74, 6) is -0.0573. The minimum absolute atomic E-state index is 0.0573. The van der Waals surface area contributed by atoms with E-state index in [4.69, 9.17) is 0 Å². The molecule has 2 heterocycles. The maximum absolute atomic E-state index is 12.4. The summed E-state index contributed by atoms with van der Waals surface area (Å²) in [6.07, 6.45) is 3.26. The van der Waals surface area contributed by atoms with E-state index in [0.29, 0.717) is 16.5 Å². The molecule has 1 aromatic heterocycles. The van der Waals surface area contributed by atoms with Crippen molar-refractivity contribution in [3.05, 3.63) is 40.9 Å². The van der Waals surface area contributed by atoms with Crippen molar-refractivity contribution in [2.75, 3.05) is 23.7 Å². The number of piperidine rings is 1. The third-order valence-corrected chi connectivity index (χ3v) is 4.62. The van der Waals surface area contributed by atoms with Crippen molar-refractivity contribution in [3.63, 3.8) is 0 Å². The fraction of sp³-hybridized carbons (Fsp3) is 0.353. The van der Waals surface area contributed by atoms with Gasteiger partial charge in [0.25, 0.3) is 5.91 Å². The van der Waals surface area contributed by atoms with E-state index in [1.807, 2.05) is 36.1 Å². The molecule has 7 heteroatoms. The van der Waals surface area contributed by atoms with Crippen LogP contribution in [0.25, 0.3) is 0 Å². The van der Waals surface area contributed by atoms with Crippen molar-refractivity contribution in [2.45, 2.75) is 26.2 Å². The number of aromatic nitrogens is 1. The van der Waals surface area contributed by atoms with E-state index in [0.717, 1.165) is 31.5 Å². The smallest absolute Gasteiger partial charge is 0.325 e. The predicted molar refractivity (Wildman–Crippen MR) is 95.7 cm³/mol. The standard InChI is InChI=1S/C17H20N4O2S/c1-12-6-5-7-13(10-12)18-16(23)20-17-19-14(11-24-17)15(22)21-8-3-2-4-9-21/h5-7,10-11H,2-4,8-9H2,1H3,(H2,18,19,20,23). The van der Waals surface area contributed by atoms with Gasteiger partial charge in [0.1, 0.15) is 5.69 Å². The van der Waals surface area contributed by atoms with Crippen LogP contribution in [-0.2, 0) is 0 Å². The molecule has 0 atom stereocenters. The number of hydrogen-bond donors (Lipinski definition) is 2. The van der Waals surface area contributed by atoms with Crippen molar-refractivity contribution in [3.8, 4) is 0 Å². The molecular formula is C17H20N4O2S. The van der Waals surface area contributed by atoms with Gasteiger partial charge in [-0.05, 0) is 43.9 Å². The van der Waals surface area contributed by atoms with Gasteiger partial charge in [0.15, 0.2) is 5.13 Å². The zero-order chi connectivity index (χ0) is 16.9. The molecule has 1 fully saturated rings. The molecule has 2 N–H and O–H groups in total. The Balaban J connectivity index is 1.59. The average Bonchev–Trinajstić information content (AvgIpc) is 3.03. The van der Waals surface area contributed by atoms with Gasteiger partial charge in [0, 0.05) is 24.2 Å². The maximum Gasteiger partial charge on any atom is 0.325 e. The van der Waals surface area contributed by atoms with Gasteiger partial charge in [-0.15, -0.1) is 11.3 Å². The van der Waals surface area contributed by atoms with Crippen LogP contribution in [0.5, 0.6) is 0 Å². The fourth-order valence-electron chi connectivity index (χ4n) is 2.67. The third kappa shape index (κ3) is 4.11. The van der Waals surface area contributed by atoms with Gasteiger partial charge in [-0.25, -0.2) is 9.78 Å².